The molecule has 23 heavy (non-hydrogen) atoms. The summed E-state index contributed by atoms with van der Waals surface area (Å²) in [5.74, 6) is 1.69. The second-order valence-electron chi connectivity index (χ2n) is 5.85. The second-order valence-corrected chi connectivity index (χ2v) is 5.85. The molecule has 0 aliphatic heterocycles. The third-order valence-electron chi connectivity index (χ3n) is 4.24. The van der Waals surface area contributed by atoms with E-state index in [0.29, 0.717) is 18.1 Å². The third kappa shape index (κ3) is 2.25. The zero-order chi connectivity index (χ0) is 16.0. The Labute approximate surface area is 132 Å². The van der Waals surface area contributed by atoms with E-state index in [1.807, 2.05) is 6.92 Å². The van der Waals surface area contributed by atoms with Crippen molar-refractivity contribution >= 4 is 5.65 Å². The molecular formula is C15H18N6O2. The third-order valence-corrected chi connectivity index (χ3v) is 4.24. The minimum absolute atomic E-state index is 0.180. The van der Waals surface area contributed by atoms with Crippen LogP contribution in [0.1, 0.15) is 48.6 Å². The van der Waals surface area contributed by atoms with Gasteiger partial charge in [0.25, 0.3) is 0 Å². The second kappa shape index (κ2) is 5.29. The predicted molar refractivity (Wildman–Crippen MR) is 81.4 cm³/mol. The molecule has 0 saturated heterocycles. The average molecular weight is 314 g/mol. The van der Waals surface area contributed by atoms with Crippen LogP contribution < -0.4 is 5.69 Å². The van der Waals surface area contributed by atoms with Crippen LogP contribution in [-0.2, 0) is 25.8 Å². The lowest BCUT2D eigenvalue weighted by Gasteiger charge is -2.16. The molecule has 120 valence electrons. The van der Waals surface area contributed by atoms with Gasteiger partial charge in [-0.2, -0.15) is 4.98 Å². The van der Waals surface area contributed by atoms with Crippen LogP contribution in [0.5, 0.6) is 0 Å². The average Bonchev–Trinajstić information content (AvgIpc) is 3.11. The lowest BCUT2D eigenvalue weighted by Crippen LogP contribution is -2.24. The molecule has 0 fully saturated rings. The van der Waals surface area contributed by atoms with Crippen molar-refractivity contribution < 1.29 is 4.52 Å². The highest BCUT2D eigenvalue weighted by atomic mass is 16.5. The molecule has 1 aliphatic carbocycles. The molecule has 0 amide bonds. The molecule has 4 rings (SSSR count). The molecule has 0 saturated carbocycles. The normalized spacial score (nSPS) is 14.3. The van der Waals surface area contributed by atoms with Gasteiger partial charge < -0.3 is 4.52 Å². The molecule has 0 atom stereocenters. The summed E-state index contributed by atoms with van der Waals surface area (Å²) < 4.78 is 8.12. The van der Waals surface area contributed by atoms with Gasteiger partial charge in [-0.25, -0.2) is 18.9 Å². The predicted octanol–water partition coefficient (Wildman–Crippen LogP) is 1.07. The summed E-state index contributed by atoms with van der Waals surface area (Å²) in [6.07, 6.45) is 4.83. The number of aryl methyl sites for hydroxylation is 4. The van der Waals surface area contributed by atoms with E-state index in [0.717, 1.165) is 48.4 Å². The monoisotopic (exact) mass is 314 g/mol. The van der Waals surface area contributed by atoms with Crippen molar-refractivity contribution in [3.8, 4) is 0 Å². The highest BCUT2D eigenvalue weighted by Gasteiger charge is 2.22. The van der Waals surface area contributed by atoms with E-state index in [1.54, 1.807) is 11.3 Å². The summed E-state index contributed by atoms with van der Waals surface area (Å²) in [4.78, 5) is 21.6. The molecule has 0 N–H and O–H groups in total. The van der Waals surface area contributed by atoms with Gasteiger partial charge in [0.05, 0.1) is 0 Å². The number of nitrogens with zero attached hydrogens (tertiary/aromatic N) is 6. The van der Waals surface area contributed by atoms with Gasteiger partial charge in [0.2, 0.25) is 5.89 Å². The van der Waals surface area contributed by atoms with E-state index in [2.05, 4.69) is 15.2 Å². The Hall–Kier alpha value is -2.51. The number of hydrogen-bond donors (Lipinski definition) is 0. The fourth-order valence-electron chi connectivity index (χ4n) is 3.17. The topological polar surface area (TPSA) is 91.1 Å². The molecule has 8 heteroatoms. The SMILES string of the molecule is CCc1nc2c(c3nn(Cc4nc(C)no4)c(=O)n13)CCCC2. The van der Waals surface area contributed by atoms with Gasteiger partial charge in [-0.1, -0.05) is 12.1 Å². The molecule has 0 radical (unpaired) electrons. The first-order chi connectivity index (χ1) is 11.2. The number of fused-ring (bicyclic) bond motifs is 3. The van der Waals surface area contributed by atoms with Gasteiger partial charge >= 0.3 is 5.69 Å². The van der Waals surface area contributed by atoms with Gasteiger partial charge in [-0.15, -0.1) is 5.10 Å². The summed E-state index contributed by atoms with van der Waals surface area (Å²) >= 11 is 0. The summed E-state index contributed by atoms with van der Waals surface area (Å²) in [5.41, 5.74) is 2.72. The van der Waals surface area contributed by atoms with E-state index in [9.17, 15) is 4.79 Å². The van der Waals surface area contributed by atoms with E-state index in [-0.39, 0.29) is 12.2 Å². The number of aromatic nitrogens is 6. The number of rotatable bonds is 3. The molecule has 0 bridgehead atoms. The largest absolute Gasteiger partial charge is 0.352 e. The van der Waals surface area contributed by atoms with Crippen molar-refractivity contribution in [2.75, 3.05) is 0 Å². The van der Waals surface area contributed by atoms with Crippen molar-refractivity contribution in [1.82, 2.24) is 29.3 Å². The van der Waals surface area contributed by atoms with Crippen LogP contribution >= 0.6 is 0 Å². The Morgan fingerprint density at radius 2 is 2.04 bits per heavy atom. The first-order valence-corrected chi connectivity index (χ1v) is 7.96. The molecule has 3 heterocycles. The van der Waals surface area contributed by atoms with Crippen LogP contribution in [0.2, 0.25) is 0 Å². The van der Waals surface area contributed by atoms with Crippen LogP contribution in [0.3, 0.4) is 0 Å². The first-order valence-electron chi connectivity index (χ1n) is 7.96. The fraction of sp³-hybridized carbons (Fsp3) is 0.533. The molecule has 0 spiro atoms. The maximum atomic E-state index is 12.7. The van der Waals surface area contributed by atoms with Crippen molar-refractivity contribution in [3.63, 3.8) is 0 Å². The van der Waals surface area contributed by atoms with Crippen LogP contribution in [0.15, 0.2) is 9.32 Å². The van der Waals surface area contributed by atoms with Crippen molar-refractivity contribution in [2.24, 2.45) is 0 Å². The van der Waals surface area contributed by atoms with E-state index in [4.69, 9.17) is 9.51 Å². The van der Waals surface area contributed by atoms with Gasteiger partial charge in [-0.3, -0.25) is 0 Å². The van der Waals surface area contributed by atoms with Crippen molar-refractivity contribution in [3.05, 3.63) is 39.3 Å². The van der Waals surface area contributed by atoms with Crippen molar-refractivity contribution in [1.29, 1.82) is 0 Å². The summed E-state index contributed by atoms with van der Waals surface area (Å²) in [6, 6.07) is 0. The van der Waals surface area contributed by atoms with Crippen LogP contribution in [-0.4, -0.2) is 29.3 Å². The zero-order valence-corrected chi connectivity index (χ0v) is 13.2. The van der Waals surface area contributed by atoms with Crippen molar-refractivity contribution in [2.45, 2.75) is 52.5 Å². The Kier molecular flexibility index (Phi) is 3.24. The molecular weight excluding hydrogens is 296 g/mol. The Balaban J connectivity index is 1.90. The smallest absolute Gasteiger partial charge is 0.337 e. The van der Waals surface area contributed by atoms with Gasteiger partial charge in [0, 0.05) is 17.7 Å². The first kappa shape index (κ1) is 14.1. The maximum Gasteiger partial charge on any atom is 0.352 e. The minimum Gasteiger partial charge on any atom is -0.337 e. The summed E-state index contributed by atoms with van der Waals surface area (Å²) in [6.45, 7) is 3.93. The number of hydrogen-bond acceptors (Lipinski definition) is 6. The molecule has 8 nitrogen and oxygen atoms in total. The van der Waals surface area contributed by atoms with Crippen LogP contribution in [0.25, 0.3) is 5.65 Å². The van der Waals surface area contributed by atoms with Crippen LogP contribution in [0.4, 0.5) is 0 Å². The lowest BCUT2D eigenvalue weighted by molar-refractivity contribution is 0.361. The molecule has 1 aliphatic rings. The highest BCUT2D eigenvalue weighted by Crippen LogP contribution is 2.23. The Morgan fingerprint density at radius 3 is 2.78 bits per heavy atom. The van der Waals surface area contributed by atoms with Gasteiger partial charge in [0.15, 0.2) is 11.5 Å². The van der Waals surface area contributed by atoms with E-state index in [1.165, 1.54) is 4.68 Å². The maximum absolute atomic E-state index is 12.7. The minimum atomic E-state index is -0.200. The lowest BCUT2D eigenvalue weighted by atomic mass is 9.97. The standard InChI is InChI=1S/C15H18N6O2/c1-3-12-17-11-7-5-4-6-10(11)14-18-20(15(22)21(12)14)8-13-16-9(2)19-23-13/h3-8H2,1-2H3. The fourth-order valence-corrected chi connectivity index (χ4v) is 3.17. The van der Waals surface area contributed by atoms with Gasteiger partial charge in [-0.05, 0) is 32.6 Å². The Morgan fingerprint density at radius 1 is 1.22 bits per heavy atom. The zero-order valence-electron chi connectivity index (χ0n) is 13.2. The molecule has 3 aromatic rings. The summed E-state index contributed by atoms with van der Waals surface area (Å²) in [7, 11) is 0. The summed E-state index contributed by atoms with van der Waals surface area (Å²) in [5, 5.41) is 8.29. The quantitative estimate of drug-likeness (QED) is 0.718. The van der Waals surface area contributed by atoms with Gasteiger partial charge in [0.1, 0.15) is 12.4 Å². The van der Waals surface area contributed by atoms with Crippen LogP contribution in [0, 0.1) is 6.92 Å². The molecule has 0 unspecified atom stereocenters. The highest BCUT2D eigenvalue weighted by molar-refractivity contribution is 5.50. The molecule has 3 aromatic heterocycles. The van der Waals surface area contributed by atoms with E-state index < -0.39 is 0 Å². The molecule has 0 aromatic carbocycles. The Bertz CT molecular complexity index is 935. The van der Waals surface area contributed by atoms with E-state index >= 15 is 0 Å².